The van der Waals surface area contributed by atoms with Crippen LogP contribution in [-0.4, -0.2) is 81.1 Å². The Kier molecular flexibility index (Phi) is 7.91. The number of amides is 2. The van der Waals surface area contributed by atoms with Gasteiger partial charge in [-0.3, -0.25) is 4.79 Å². The highest BCUT2D eigenvalue weighted by molar-refractivity contribution is 5.83. The quantitative estimate of drug-likeness (QED) is 0.621. The third kappa shape index (κ3) is 5.87. The standard InChI is InChI=1S/C28H40FN3O5/c1-28(2)18-32(23-9-8-20(29)15-21(23)28)24-17-36-16-22(24)30-27(34)37-25(14-19-6-4-3-5-7-19)26(33)31-10-12-35-13-11-31/h8-9,15,19,22,24-25H,3-7,10-14,16-18H2,1-2H3,(H,30,34)/t22-,24+,25-/m0/s1. The first-order valence-corrected chi connectivity index (χ1v) is 13.8. The van der Waals surface area contributed by atoms with Crippen molar-refractivity contribution >= 4 is 17.7 Å². The van der Waals surface area contributed by atoms with Crippen LogP contribution in [0, 0.1) is 11.7 Å². The molecule has 1 N–H and O–H groups in total. The lowest BCUT2D eigenvalue weighted by molar-refractivity contribution is -0.145. The third-order valence-electron chi connectivity index (χ3n) is 8.44. The number of morpholine rings is 1. The molecule has 0 aromatic heterocycles. The van der Waals surface area contributed by atoms with Gasteiger partial charge in [0.1, 0.15) is 5.82 Å². The summed E-state index contributed by atoms with van der Waals surface area (Å²) in [5.41, 5.74) is 1.71. The molecule has 0 unspecified atom stereocenters. The first kappa shape index (κ1) is 26.2. The third-order valence-corrected chi connectivity index (χ3v) is 8.44. The van der Waals surface area contributed by atoms with E-state index in [9.17, 15) is 14.0 Å². The molecule has 1 aromatic carbocycles. The number of carbonyl (C=O) groups is 2. The van der Waals surface area contributed by atoms with E-state index in [-0.39, 0.29) is 29.2 Å². The minimum absolute atomic E-state index is 0.106. The molecule has 3 atom stereocenters. The van der Waals surface area contributed by atoms with Gasteiger partial charge in [0, 0.05) is 30.7 Å². The monoisotopic (exact) mass is 517 g/mol. The fourth-order valence-electron chi connectivity index (χ4n) is 6.41. The van der Waals surface area contributed by atoms with Crippen molar-refractivity contribution in [1.29, 1.82) is 0 Å². The Labute approximate surface area is 218 Å². The van der Waals surface area contributed by atoms with E-state index in [1.807, 2.05) is 6.07 Å². The van der Waals surface area contributed by atoms with Crippen molar-refractivity contribution < 1.29 is 28.2 Å². The second kappa shape index (κ2) is 11.2. The number of nitrogens with one attached hydrogen (secondary N) is 1. The highest BCUT2D eigenvalue weighted by atomic mass is 19.1. The van der Waals surface area contributed by atoms with E-state index >= 15 is 0 Å². The second-order valence-electron chi connectivity index (χ2n) is 11.6. The molecule has 0 bridgehead atoms. The number of ether oxygens (including phenoxy) is 3. The molecule has 0 radical (unpaired) electrons. The number of fused-ring (bicyclic) bond motifs is 1. The largest absolute Gasteiger partial charge is 0.436 e. The lowest BCUT2D eigenvalue weighted by Gasteiger charge is -2.34. The van der Waals surface area contributed by atoms with Gasteiger partial charge in [-0.1, -0.05) is 46.0 Å². The molecule has 0 spiro atoms. The van der Waals surface area contributed by atoms with Crippen LogP contribution < -0.4 is 10.2 Å². The summed E-state index contributed by atoms with van der Waals surface area (Å²) in [5.74, 6) is 0.0202. The van der Waals surface area contributed by atoms with Crippen LogP contribution in [0.5, 0.6) is 0 Å². The van der Waals surface area contributed by atoms with Crippen LogP contribution in [0.25, 0.3) is 0 Å². The number of carbonyl (C=O) groups excluding carboxylic acids is 2. The van der Waals surface area contributed by atoms with Crippen molar-refractivity contribution in [1.82, 2.24) is 10.2 Å². The Morgan fingerprint density at radius 2 is 1.89 bits per heavy atom. The lowest BCUT2D eigenvalue weighted by atomic mass is 9.85. The van der Waals surface area contributed by atoms with Gasteiger partial charge in [-0.2, -0.15) is 0 Å². The minimum Gasteiger partial charge on any atom is -0.436 e. The molecular weight excluding hydrogens is 477 g/mol. The number of hydrogen-bond acceptors (Lipinski definition) is 6. The lowest BCUT2D eigenvalue weighted by Crippen LogP contribution is -2.53. The SMILES string of the molecule is CC1(C)CN([C@@H]2COC[C@@H]2NC(=O)O[C@@H](CC2CCCCC2)C(=O)N2CCOCC2)c2ccc(F)cc21. The van der Waals surface area contributed by atoms with E-state index in [4.69, 9.17) is 14.2 Å². The first-order chi connectivity index (χ1) is 17.8. The van der Waals surface area contributed by atoms with Gasteiger partial charge < -0.3 is 29.3 Å². The van der Waals surface area contributed by atoms with E-state index in [0.29, 0.717) is 58.4 Å². The van der Waals surface area contributed by atoms with Gasteiger partial charge in [0.25, 0.3) is 5.91 Å². The Balaban J connectivity index is 1.26. The molecule has 3 fully saturated rings. The van der Waals surface area contributed by atoms with Crippen LogP contribution in [0.4, 0.5) is 14.9 Å². The van der Waals surface area contributed by atoms with Crippen molar-refractivity contribution in [2.75, 3.05) is 51.0 Å². The van der Waals surface area contributed by atoms with Gasteiger partial charge in [0.15, 0.2) is 6.10 Å². The highest BCUT2D eigenvalue weighted by Gasteiger charge is 2.44. The van der Waals surface area contributed by atoms with Crippen molar-refractivity contribution in [3.63, 3.8) is 0 Å². The van der Waals surface area contributed by atoms with Crippen LogP contribution in [-0.2, 0) is 24.4 Å². The van der Waals surface area contributed by atoms with Crippen molar-refractivity contribution in [3.05, 3.63) is 29.6 Å². The fraction of sp³-hybridized carbons (Fsp3) is 0.714. The second-order valence-corrected chi connectivity index (χ2v) is 11.6. The zero-order valence-electron chi connectivity index (χ0n) is 22.0. The number of rotatable bonds is 6. The maximum Gasteiger partial charge on any atom is 0.408 e. The predicted molar refractivity (Wildman–Crippen MR) is 137 cm³/mol. The maximum absolute atomic E-state index is 14.0. The van der Waals surface area contributed by atoms with E-state index in [1.54, 1.807) is 11.0 Å². The number of benzene rings is 1. The molecule has 1 aliphatic carbocycles. The van der Waals surface area contributed by atoms with Gasteiger partial charge in [-0.15, -0.1) is 0 Å². The van der Waals surface area contributed by atoms with Crippen molar-refractivity contribution in [2.45, 2.75) is 76.0 Å². The summed E-state index contributed by atoms with van der Waals surface area (Å²) in [7, 11) is 0. The topological polar surface area (TPSA) is 80.3 Å². The zero-order valence-corrected chi connectivity index (χ0v) is 22.0. The molecule has 1 saturated carbocycles. The summed E-state index contributed by atoms with van der Waals surface area (Å²) in [6.07, 6.45) is 4.88. The average Bonchev–Trinajstić information content (AvgIpc) is 3.45. The van der Waals surface area contributed by atoms with Crippen LogP contribution in [0.3, 0.4) is 0 Å². The maximum atomic E-state index is 14.0. The molecule has 8 nitrogen and oxygen atoms in total. The molecule has 3 heterocycles. The molecule has 2 amide bonds. The van der Waals surface area contributed by atoms with Gasteiger partial charge in [-0.25, -0.2) is 9.18 Å². The molecule has 3 aliphatic heterocycles. The first-order valence-electron chi connectivity index (χ1n) is 13.8. The molecule has 2 saturated heterocycles. The zero-order chi connectivity index (χ0) is 26.0. The van der Waals surface area contributed by atoms with Gasteiger partial charge in [-0.05, 0) is 36.1 Å². The average molecular weight is 518 g/mol. The summed E-state index contributed by atoms with van der Waals surface area (Å²) in [4.78, 5) is 30.5. The van der Waals surface area contributed by atoms with Crippen LogP contribution in [0.2, 0.25) is 0 Å². The van der Waals surface area contributed by atoms with Crippen LogP contribution in [0.15, 0.2) is 18.2 Å². The molecule has 1 aromatic rings. The van der Waals surface area contributed by atoms with E-state index < -0.39 is 12.2 Å². The fourth-order valence-corrected chi connectivity index (χ4v) is 6.41. The Bertz CT molecular complexity index is 977. The van der Waals surface area contributed by atoms with Gasteiger partial charge in [0.05, 0.1) is 38.5 Å². The number of anilines is 1. The highest BCUT2D eigenvalue weighted by Crippen LogP contribution is 2.42. The Morgan fingerprint density at radius 1 is 1.14 bits per heavy atom. The predicted octanol–water partition coefficient (Wildman–Crippen LogP) is 3.61. The Morgan fingerprint density at radius 3 is 2.65 bits per heavy atom. The molecule has 5 rings (SSSR count). The van der Waals surface area contributed by atoms with Crippen LogP contribution in [0.1, 0.15) is 57.9 Å². The minimum atomic E-state index is -0.795. The number of halogens is 1. The number of alkyl carbamates (subject to hydrolysis) is 1. The smallest absolute Gasteiger partial charge is 0.408 e. The van der Waals surface area contributed by atoms with Crippen LogP contribution >= 0.6 is 0 Å². The molecule has 37 heavy (non-hydrogen) atoms. The van der Waals surface area contributed by atoms with Gasteiger partial charge in [0.2, 0.25) is 0 Å². The van der Waals surface area contributed by atoms with Crippen molar-refractivity contribution in [3.8, 4) is 0 Å². The molecule has 204 valence electrons. The van der Waals surface area contributed by atoms with Crippen molar-refractivity contribution in [2.24, 2.45) is 5.92 Å². The van der Waals surface area contributed by atoms with E-state index in [1.165, 1.54) is 12.5 Å². The van der Waals surface area contributed by atoms with E-state index in [2.05, 4.69) is 24.1 Å². The summed E-state index contributed by atoms with van der Waals surface area (Å²) < 4.78 is 31.0. The molecular formula is C28H40FN3O5. The summed E-state index contributed by atoms with van der Waals surface area (Å²) in [6.45, 7) is 7.78. The summed E-state index contributed by atoms with van der Waals surface area (Å²) >= 11 is 0. The number of nitrogens with zero attached hydrogens (tertiary/aromatic N) is 2. The van der Waals surface area contributed by atoms with E-state index in [0.717, 1.165) is 36.9 Å². The van der Waals surface area contributed by atoms with Gasteiger partial charge >= 0.3 is 6.09 Å². The normalized spacial score (nSPS) is 26.6. The summed E-state index contributed by atoms with van der Waals surface area (Å²) in [5, 5.41) is 3.00. The Hall–Kier alpha value is -2.39. The summed E-state index contributed by atoms with van der Waals surface area (Å²) in [6, 6.07) is 4.49. The molecule has 9 heteroatoms. The number of hydrogen-bond donors (Lipinski definition) is 1. The molecule has 4 aliphatic rings.